The van der Waals surface area contributed by atoms with Gasteiger partial charge in [0.1, 0.15) is 5.76 Å². The maximum Gasteiger partial charge on any atom is 0.250 e. The molecule has 0 aromatic carbocycles. The number of hydrogen-bond donors (Lipinski definition) is 1. The zero-order chi connectivity index (χ0) is 12.3. The van der Waals surface area contributed by atoms with Gasteiger partial charge in [0, 0.05) is 11.0 Å². The van der Waals surface area contributed by atoms with E-state index in [1.165, 1.54) is 17.4 Å². The molecule has 0 atom stereocenters. The molecule has 0 bridgehead atoms. The summed E-state index contributed by atoms with van der Waals surface area (Å²) in [6.07, 6.45) is 4.60. The third-order valence-corrected chi connectivity index (χ3v) is 3.19. The molecule has 4 nitrogen and oxygen atoms in total. The van der Waals surface area contributed by atoms with Crippen molar-refractivity contribution >= 4 is 28.5 Å². The van der Waals surface area contributed by atoms with Gasteiger partial charge in [0.2, 0.25) is 5.91 Å². The van der Waals surface area contributed by atoms with Crippen LogP contribution in [-0.4, -0.2) is 10.9 Å². The number of furan rings is 1. The number of aromatic nitrogens is 1. The SMILES string of the molecule is Cc1nc(NC(=O)C=Cc2ccco2)sc1C. The zero-order valence-corrected chi connectivity index (χ0v) is 10.4. The molecule has 0 saturated heterocycles. The van der Waals surface area contributed by atoms with Crippen molar-refractivity contribution in [2.45, 2.75) is 13.8 Å². The first-order valence-corrected chi connectivity index (χ1v) is 5.93. The van der Waals surface area contributed by atoms with Crippen molar-refractivity contribution in [3.8, 4) is 0 Å². The normalized spacial score (nSPS) is 10.9. The van der Waals surface area contributed by atoms with Gasteiger partial charge in [0.25, 0.3) is 0 Å². The Hall–Kier alpha value is -1.88. The Kier molecular flexibility index (Phi) is 3.39. The number of nitrogens with one attached hydrogen (secondary N) is 1. The summed E-state index contributed by atoms with van der Waals surface area (Å²) in [5, 5.41) is 3.33. The molecule has 1 N–H and O–H groups in total. The van der Waals surface area contributed by atoms with E-state index in [1.807, 2.05) is 13.8 Å². The quantitative estimate of drug-likeness (QED) is 0.849. The third-order valence-electron chi connectivity index (χ3n) is 2.20. The minimum Gasteiger partial charge on any atom is -0.465 e. The number of hydrogen-bond acceptors (Lipinski definition) is 4. The number of anilines is 1. The lowest BCUT2D eigenvalue weighted by Crippen LogP contribution is -2.07. The summed E-state index contributed by atoms with van der Waals surface area (Å²) in [4.78, 5) is 16.9. The molecule has 2 rings (SSSR count). The maximum atomic E-state index is 11.6. The van der Waals surface area contributed by atoms with Crippen LogP contribution in [0.5, 0.6) is 0 Å². The molecule has 0 spiro atoms. The van der Waals surface area contributed by atoms with Crippen molar-refractivity contribution in [1.29, 1.82) is 0 Å². The number of carbonyl (C=O) groups excluding carboxylic acids is 1. The van der Waals surface area contributed by atoms with Gasteiger partial charge in [-0.2, -0.15) is 0 Å². The fraction of sp³-hybridized carbons (Fsp3) is 0.167. The van der Waals surface area contributed by atoms with Crippen LogP contribution < -0.4 is 5.32 Å². The number of carbonyl (C=O) groups is 1. The fourth-order valence-electron chi connectivity index (χ4n) is 1.22. The second kappa shape index (κ2) is 4.97. The van der Waals surface area contributed by atoms with Crippen molar-refractivity contribution in [2.75, 3.05) is 5.32 Å². The lowest BCUT2D eigenvalue weighted by molar-refractivity contribution is -0.111. The van der Waals surface area contributed by atoms with Gasteiger partial charge in [-0.1, -0.05) is 0 Å². The van der Waals surface area contributed by atoms with Crippen LogP contribution >= 0.6 is 11.3 Å². The Morgan fingerprint density at radius 2 is 2.35 bits per heavy atom. The summed E-state index contributed by atoms with van der Waals surface area (Å²) in [6, 6.07) is 3.55. The van der Waals surface area contributed by atoms with E-state index < -0.39 is 0 Å². The predicted molar refractivity (Wildman–Crippen MR) is 68.0 cm³/mol. The van der Waals surface area contributed by atoms with Crippen LogP contribution in [0.2, 0.25) is 0 Å². The zero-order valence-electron chi connectivity index (χ0n) is 9.56. The van der Waals surface area contributed by atoms with E-state index in [9.17, 15) is 4.79 Å². The molecule has 0 aliphatic heterocycles. The summed E-state index contributed by atoms with van der Waals surface area (Å²) in [7, 11) is 0. The highest BCUT2D eigenvalue weighted by atomic mass is 32.1. The van der Waals surface area contributed by atoms with Crippen molar-refractivity contribution in [2.24, 2.45) is 0 Å². The molecule has 1 amide bonds. The smallest absolute Gasteiger partial charge is 0.250 e. The van der Waals surface area contributed by atoms with E-state index in [0.29, 0.717) is 10.9 Å². The average Bonchev–Trinajstić information content (AvgIpc) is 2.87. The van der Waals surface area contributed by atoms with Crippen LogP contribution in [0.25, 0.3) is 6.08 Å². The van der Waals surface area contributed by atoms with Crippen molar-refractivity contribution in [1.82, 2.24) is 4.98 Å². The molecule has 0 saturated carbocycles. The van der Waals surface area contributed by atoms with Gasteiger partial charge in [-0.3, -0.25) is 10.1 Å². The van der Waals surface area contributed by atoms with Gasteiger partial charge in [-0.25, -0.2) is 4.98 Å². The molecule has 88 valence electrons. The standard InChI is InChI=1S/C12H12N2O2S/c1-8-9(2)17-12(13-8)14-11(15)6-5-10-4-3-7-16-10/h3-7H,1-2H3,(H,13,14,15). The Balaban J connectivity index is 1.98. The third kappa shape index (κ3) is 3.04. The molecule has 2 heterocycles. The number of rotatable bonds is 3. The van der Waals surface area contributed by atoms with E-state index in [2.05, 4.69) is 10.3 Å². The van der Waals surface area contributed by atoms with Crippen molar-refractivity contribution in [3.63, 3.8) is 0 Å². The molecule has 0 fully saturated rings. The molecule has 0 unspecified atom stereocenters. The van der Waals surface area contributed by atoms with E-state index in [0.717, 1.165) is 10.6 Å². The minimum absolute atomic E-state index is 0.213. The first kappa shape index (κ1) is 11.6. The summed E-state index contributed by atoms with van der Waals surface area (Å²) < 4.78 is 5.08. The topological polar surface area (TPSA) is 55.1 Å². The highest BCUT2D eigenvalue weighted by Gasteiger charge is 2.05. The van der Waals surface area contributed by atoms with Gasteiger partial charge >= 0.3 is 0 Å². The predicted octanol–water partition coefficient (Wildman–Crippen LogP) is 3.00. The summed E-state index contributed by atoms with van der Waals surface area (Å²) in [5.41, 5.74) is 0.945. The molecule has 2 aromatic heterocycles. The van der Waals surface area contributed by atoms with Crippen LogP contribution in [0, 0.1) is 13.8 Å². The van der Waals surface area contributed by atoms with E-state index >= 15 is 0 Å². The molecule has 0 radical (unpaired) electrons. The lowest BCUT2D eigenvalue weighted by atomic mass is 10.4. The number of thiazole rings is 1. The Morgan fingerprint density at radius 1 is 1.53 bits per heavy atom. The lowest BCUT2D eigenvalue weighted by Gasteiger charge is -1.94. The van der Waals surface area contributed by atoms with Gasteiger partial charge in [-0.15, -0.1) is 11.3 Å². The average molecular weight is 248 g/mol. The monoisotopic (exact) mass is 248 g/mol. The Morgan fingerprint density at radius 3 is 2.94 bits per heavy atom. The van der Waals surface area contributed by atoms with Crippen LogP contribution in [0.15, 0.2) is 28.9 Å². The van der Waals surface area contributed by atoms with E-state index in [4.69, 9.17) is 4.42 Å². The highest BCUT2D eigenvalue weighted by molar-refractivity contribution is 7.15. The molecule has 0 aliphatic carbocycles. The molecule has 5 heteroatoms. The van der Waals surface area contributed by atoms with Gasteiger partial charge < -0.3 is 4.42 Å². The summed E-state index contributed by atoms with van der Waals surface area (Å²) in [5.74, 6) is 0.432. The first-order chi connectivity index (χ1) is 8.15. The molecular formula is C12H12N2O2S. The first-order valence-electron chi connectivity index (χ1n) is 5.12. The van der Waals surface area contributed by atoms with Gasteiger partial charge in [0.05, 0.1) is 12.0 Å². The van der Waals surface area contributed by atoms with Crippen molar-refractivity contribution in [3.05, 3.63) is 40.8 Å². The number of nitrogens with zero attached hydrogens (tertiary/aromatic N) is 1. The van der Waals surface area contributed by atoms with E-state index in [-0.39, 0.29) is 5.91 Å². The number of aryl methyl sites for hydroxylation is 2. The summed E-state index contributed by atoms with van der Waals surface area (Å²) >= 11 is 1.47. The molecule has 0 aliphatic rings. The van der Waals surface area contributed by atoms with Crippen LogP contribution in [-0.2, 0) is 4.79 Å². The second-order valence-corrected chi connectivity index (χ2v) is 4.70. The highest BCUT2D eigenvalue weighted by Crippen LogP contribution is 2.20. The Labute approximate surface area is 103 Å². The molecular weight excluding hydrogens is 236 g/mol. The summed E-state index contributed by atoms with van der Waals surface area (Å²) in [6.45, 7) is 3.89. The minimum atomic E-state index is -0.213. The molecule has 2 aromatic rings. The number of amides is 1. The Bertz CT molecular complexity index is 521. The van der Waals surface area contributed by atoms with E-state index in [1.54, 1.807) is 24.5 Å². The van der Waals surface area contributed by atoms with Gasteiger partial charge in [-0.05, 0) is 32.1 Å². The second-order valence-electron chi connectivity index (χ2n) is 3.50. The fourth-order valence-corrected chi connectivity index (χ4v) is 2.03. The van der Waals surface area contributed by atoms with Crippen LogP contribution in [0.1, 0.15) is 16.3 Å². The largest absolute Gasteiger partial charge is 0.465 e. The maximum absolute atomic E-state index is 11.6. The van der Waals surface area contributed by atoms with Crippen LogP contribution in [0.4, 0.5) is 5.13 Å². The van der Waals surface area contributed by atoms with Crippen LogP contribution in [0.3, 0.4) is 0 Å². The van der Waals surface area contributed by atoms with Crippen molar-refractivity contribution < 1.29 is 9.21 Å². The van der Waals surface area contributed by atoms with Gasteiger partial charge in [0.15, 0.2) is 5.13 Å². The molecule has 17 heavy (non-hydrogen) atoms.